The molecule has 72 heavy (non-hydrogen) atoms. The lowest BCUT2D eigenvalue weighted by Crippen LogP contribution is -2.30. The molecule has 0 N–H and O–H groups in total. The average Bonchev–Trinajstić information content (AvgIpc) is 3.38. The Bertz CT molecular complexity index is 1430. The first-order valence-electron chi connectivity index (χ1n) is 30.2. The van der Waals surface area contributed by atoms with E-state index >= 15 is 0 Å². The number of rotatable bonds is 54. The lowest BCUT2D eigenvalue weighted by atomic mass is 10.0. The van der Waals surface area contributed by atoms with Crippen molar-refractivity contribution >= 4 is 17.9 Å². The van der Waals surface area contributed by atoms with Crippen LogP contribution in [0.25, 0.3) is 0 Å². The van der Waals surface area contributed by atoms with E-state index in [1.807, 2.05) is 0 Å². The van der Waals surface area contributed by atoms with E-state index in [1.54, 1.807) is 0 Å². The first kappa shape index (κ1) is 68.3. The Morgan fingerprint density at radius 2 is 0.569 bits per heavy atom. The van der Waals surface area contributed by atoms with E-state index in [4.69, 9.17) is 14.2 Å². The van der Waals surface area contributed by atoms with Crippen LogP contribution in [0.1, 0.15) is 284 Å². The molecule has 0 heterocycles. The molecule has 0 bridgehead atoms. The van der Waals surface area contributed by atoms with Gasteiger partial charge in [-0.25, -0.2) is 0 Å². The van der Waals surface area contributed by atoms with Gasteiger partial charge in [0.2, 0.25) is 0 Å². The maximum Gasteiger partial charge on any atom is 0.306 e. The van der Waals surface area contributed by atoms with Crippen LogP contribution in [-0.4, -0.2) is 37.2 Å². The van der Waals surface area contributed by atoms with Crippen LogP contribution in [-0.2, 0) is 28.6 Å². The smallest absolute Gasteiger partial charge is 0.306 e. The maximum atomic E-state index is 12.9. The second-order valence-corrected chi connectivity index (χ2v) is 19.9. The lowest BCUT2D eigenvalue weighted by molar-refractivity contribution is -0.167. The fourth-order valence-corrected chi connectivity index (χ4v) is 8.30. The van der Waals surface area contributed by atoms with Gasteiger partial charge in [-0.1, -0.05) is 272 Å². The highest BCUT2D eigenvalue weighted by molar-refractivity contribution is 5.71. The van der Waals surface area contributed by atoms with Crippen LogP contribution in [0, 0.1) is 0 Å². The van der Waals surface area contributed by atoms with Gasteiger partial charge < -0.3 is 14.2 Å². The van der Waals surface area contributed by atoms with E-state index in [0.717, 1.165) is 103 Å². The largest absolute Gasteiger partial charge is 0.462 e. The topological polar surface area (TPSA) is 78.9 Å². The first-order valence-corrected chi connectivity index (χ1v) is 30.2. The van der Waals surface area contributed by atoms with Crippen LogP contribution in [0.3, 0.4) is 0 Å². The summed E-state index contributed by atoms with van der Waals surface area (Å²) in [6.45, 7) is 6.45. The molecule has 0 aliphatic rings. The van der Waals surface area contributed by atoms with Crippen LogP contribution in [0.4, 0.5) is 0 Å². The van der Waals surface area contributed by atoms with Crippen LogP contribution in [0.2, 0.25) is 0 Å². The van der Waals surface area contributed by atoms with Crippen molar-refractivity contribution in [1.82, 2.24) is 0 Å². The van der Waals surface area contributed by atoms with E-state index in [-0.39, 0.29) is 37.5 Å². The molecule has 1 atom stereocenters. The molecule has 0 aromatic heterocycles. The summed E-state index contributed by atoms with van der Waals surface area (Å²) in [6.07, 6.45) is 79.9. The van der Waals surface area contributed by atoms with Gasteiger partial charge in [0.1, 0.15) is 13.2 Å². The minimum atomic E-state index is -0.804. The molecule has 0 aliphatic carbocycles. The van der Waals surface area contributed by atoms with Gasteiger partial charge in [-0.2, -0.15) is 0 Å². The second-order valence-electron chi connectivity index (χ2n) is 19.9. The molecule has 0 radical (unpaired) electrons. The molecule has 0 spiro atoms. The maximum absolute atomic E-state index is 12.9. The Morgan fingerprint density at radius 1 is 0.292 bits per heavy atom. The summed E-state index contributed by atoms with van der Waals surface area (Å²) < 4.78 is 16.8. The SMILES string of the molecule is CC/C=C\C/C=C\C/C=C\C/C=C\C/C=C\C/C=C\C/C=C\CCCC(=O)OCC(COC(=O)CCCCCCC/C=C\CCCC)OC(=O)CCCCCCCCCCCCCCCCCCCCCC. The molecule has 0 saturated carbocycles. The number of unbranched alkanes of at least 4 members (excludes halogenated alkanes) is 27. The number of carbonyl (C=O) groups is 3. The average molecular weight is 1000 g/mol. The molecule has 6 nitrogen and oxygen atoms in total. The Hall–Kier alpha value is -3.67. The summed E-state index contributed by atoms with van der Waals surface area (Å²) in [5.41, 5.74) is 0. The zero-order valence-electron chi connectivity index (χ0n) is 47.2. The van der Waals surface area contributed by atoms with Gasteiger partial charge >= 0.3 is 17.9 Å². The molecule has 412 valence electrons. The van der Waals surface area contributed by atoms with E-state index in [9.17, 15) is 14.4 Å². The van der Waals surface area contributed by atoms with Crippen molar-refractivity contribution in [3.05, 3.63) is 97.2 Å². The van der Waals surface area contributed by atoms with Crippen molar-refractivity contribution in [2.24, 2.45) is 0 Å². The van der Waals surface area contributed by atoms with Crippen LogP contribution in [0.15, 0.2) is 97.2 Å². The number of hydrogen-bond donors (Lipinski definition) is 0. The molecule has 0 aliphatic heterocycles. The third-order valence-corrected chi connectivity index (χ3v) is 12.8. The van der Waals surface area contributed by atoms with Crippen molar-refractivity contribution in [1.29, 1.82) is 0 Å². The monoisotopic (exact) mass is 1000 g/mol. The zero-order valence-corrected chi connectivity index (χ0v) is 47.2. The van der Waals surface area contributed by atoms with Crippen LogP contribution < -0.4 is 0 Å². The highest BCUT2D eigenvalue weighted by Gasteiger charge is 2.19. The van der Waals surface area contributed by atoms with E-state index in [0.29, 0.717) is 19.3 Å². The fourth-order valence-electron chi connectivity index (χ4n) is 8.30. The zero-order chi connectivity index (χ0) is 52.2. The predicted octanol–water partition coefficient (Wildman–Crippen LogP) is 20.5. The van der Waals surface area contributed by atoms with E-state index < -0.39 is 6.10 Å². The lowest BCUT2D eigenvalue weighted by Gasteiger charge is -2.18. The highest BCUT2D eigenvalue weighted by atomic mass is 16.6. The molecule has 0 aromatic rings. The summed E-state index contributed by atoms with van der Waals surface area (Å²) >= 11 is 0. The molecular formula is C66H112O6. The summed E-state index contributed by atoms with van der Waals surface area (Å²) in [7, 11) is 0. The van der Waals surface area contributed by atoms with Gasteiger partial charge in [0.05, 0.1) is 0 Å². The minimum absolute atomic E-state index is 0.0984. The van der Waals surface area contributed by atoms with Gasteiger partial charge in [-0.15, -0.1) is 0 Å². The second kappa shape index (κ2) is 59.9. The Balaban J connectivity index is 4.40. The van der Waals surface area contributed by atoms with Crippen molar-refractivity contribution in [3.63, 3.8) is 0 Å². The molecule has 0 amide bonds. The summed E-state index contributed by atoms with van der Waals surface area (Å²) in [5, 5.41) is 0. The van der Waals surface area contributed by atoms with Gasteiger partial charge in [0.15, 0.2) is 6.10 Å². The van der Waals surface area contributed by atoms with Crippen molar-refractivity contribution < 1.29 is 28.6 Å². The molecule has 0 saturated heterocycles. The number of allylic oxidation sites excluding steroid dienone is 16. The molecule has 0 rings (SSSR count). The highest BCUT2D eigenvalue weighted by Crippen LogP contribution is 2.16. The third kappa shape index (κ3) is 57.2. The molecule has 6 heteroatoms. The summed E-state index contributed by atoms with van der Waals surface area (Å²) in [6, 6.07) is 0. The normalized spacial score (nSPS) is 12.8. The molecular weight excluding hydrogens is 889 g/mol. The fraction of sp³-hybridized carbons (Fsp3) is 0.712. The van der Waals surface area contributed by atoms with Gasteiger partial charge in [0.25, 0.3) is 0 Å². The molecule has 0 aromatic carbocycles. The van der Waals surface area contributed by atoms with Crippen molar-refractivity contribution in [2.75, 3.05) is 13.2 Å². The van der Waals surface area contributed by atoms with Crippen LogP contribution in [0.5, 0.6) is 0 Å². The minimum Gasteiger partial charge on any atom is -0.462 e. The molecule has 1 unspecified atom stereocenters. The van der Waals surface area contributed by atoms with E-state index in [1.165, 1.54) is 135 Å². The van der Waals surface area contributed by atoms with Crippen molar-refractivity contribution in [2.45, 2.75) is 290 Å². The van der Waals surface area contributed by atoms with Crippen LogP contribution >= 0.6 is 0 Å². The quantitative estimate of drug-likeness (QED) is 0.0261. The Labute approximate surface area is 445 Å². The predicted molar refractivity (Wildman–Crippen MR) is 311 cm³/mol. The van der Waals surface area contributed by atoms with Gasteiger partial charge in [-0.05, 0) is 89.9 Å². The van der Waals surface area contributed by atoms with E-state index in [2.05, 4.69) is 118 Å². The summed E-state index contributed by atoms with van der Waals surface area (Å²) in [5.74, 6) is -0.962. The van der Waals surface area contributed by atoms with Crippen molar-refractivity contribution in [3.8, 4) is 0 Å². The number of ether oxygens (including phenoxy) is 3. The number of esters is 3. The Morgan fingerprint density at radius 3 is 0.958 bits per heavy atom. The number of carbonyl (C=O) groups excluding carboxylic acids is 3. The number of hydrogen-bond acceptors (Lipinski definition) is 6. The molecule has 0 fully saturated rings. The third-order valence-electron chi connectivity index (χ3n) is 12.8. The van der Waals surface area contributed by atoms with Gasteiger partial charge in [-0.3, -0.25) is 14.4 Å². The van der Waals surface area contributed by atoms with Gasteiger partial charge in [0, 0.05) is 19.3 Å². The standard InChI is InChI=1S/C66H112O6/c1-4-7-10-13-16-19-22-24-26-28-30-32-33-34-36-37-39-41-44-47-50-53-56-59-65(68)71-62-63(61-70-64(67)58-55-52-49-46-43-21-18-15-12-9-6-3)72-66(69)60-57-54-51-48-45-42-40-38-35-31-29-27-25-23-20-17-14-11-8-5-2/h7,10,15-16,18-19,24,26,30,32,34,36,39,41,47,50,63H,4-6,8-9,11-14,17,20-23,25,27-29,31,33,35,37-38,40,42-46,48-49,51-62H2,1-3H3/b10-7-,18-15-,19-16-,26-24-,32-30-,36-34-,41-39-,50-47-. The summed E-state index contributed by atoms with van der Waals surface area (Å²) in [4.78, 5) is 38.1. The Kier molecular flexibility index (Phi) is 56.8. The first-order chi connectivity index (χ1) is 35.5.